The maximum absolute atomic E-state index is 13.7. The number of ether oxygens (including phenoxy) is 1. The second-order valence-electron chi connectivity index (χ2n) is 3.91. The zero-order valence-electron chi connectivity index (χ0n) is 9.80. The second-order valence-corrected chi connectivity index (χ2v) is 3.91. The molecule has 3 aromatic rings. The molecule has 0 saturated carbocycles. The van der Waals surface area contributed by atoms with E-state index in [0.717, 1.165) is 0 Å². The number of hydrogen-bond donors (Lipinski definition) is 0. The molecule has 0 aliphatic carbocycles. The molecule has 0 fully saturated rings. The van der Waals surface area contributed by atoms with Crippen LogP contribution in [0.15, 0.2) is 48.8 Å². The van der Waals surface area contributed by atoms with Crippen molar-refractivity contribution in [3.8, 4) is 17.0 Å². The smallest absolute Gasteiger partial charge is 0.180 e. The molecule has 2 aromatic heterocycles. The molecule has 3 nitrogen and oxygen atoms in total. The highest BCUT2D eigenvalue weighted by molar-refractivity contribution is 5.66. The van der Waals surface area contributed by atoms with Crippen LogP contribution >= 0.6 is 0 Å². The first-order chi connectivity index (χ1) is 8.79. The average Bonchev–Trinajstić information content (AvgIpc) is 2.82. The fourth-order valence-electron chi connectivity index (χ4n) is 1.95. The number of imidazole rings is 1. The summed E-state index contributed by atoms with van der Waals surface area (Å²) in [6.45, 7) is 0. The van der Waals surface area contributed by atoms with Crippen molar-refractivity contribution in [1.82, 2.24) is 9.38 Å². The molecule has 0 N–H and O–H groups in total. The third-order valence-electron chi connectivity index (χ3n) is 2.82. The molecule has 0 amide bonds. The molecule has 0 atom stereocenters. The lowest BCUT2D eigenvalue weighted by Crippen LogP contribution is -1.88. The van der Waals surface area contributed by atoms with Gasteiger partial charge in [-0.05, 0) is 24.3 Å². The fourth-order valence-corrected chi connectivity index (χ4v) is 1.95. The van der Waals surface area contributed by atoms with Crippen LogP contribution in [0, 0.1) is 5.82 Å². The highest BCUT2D eigenvalue weighted by Crippen LogP contribution is 2.25. The molecule has 1 aromatic carbocycles. The average molecular weight is 242 g/mol. The van der Waals surface area contributed by atoms with Gasteiger partial charge in [-0.15, -0.1) is 0 Å². The number of halogens is 1. The van der Waals surface area contributed by atoms with Crippen LogP contribution in [-0.4, -0.2) is 16.5 Å². The van der Waals surface area contributed by atoms with E-state index < -0.39 is 0 Å². The van der Waals surface area contributed by atoms with E-state index in [-0.39, 0.29) is 5.82 Å². The molecular weight excluding hydrogens is 231 g/mol. The van der Waals surface area contributed by atoms with E-state index in [0.29, 0.717) is 22.7 Å². The van der Waals surface area contributed by atoms with Crippen LogP contribution in [0.1, 0.15) is 0 Å². The minimum atomic E-state index is -0.278. The molecule has 90 valence electrons. The summed E-state index contributed by atoms with van der Waals surface area (Å²) in [6, 6.07) is 10.3. The Kier molecular flexibility index (Phi) is 2.48. The van der Waals surface area contributed by atoms with Crippen LogP contribution < -0.4 is 4.74 Å². The Hall–Kier alpha value is -2.36. The maximum Gasteiger partial charge on any atom is 0.180 e. The zero-order chi connectivity index (χ0) is 12.5. The van der Waals surface area contributed by atoms with Gasteiger partial charge in [-0.25, -0.2) is 9.37 Å². The van der Waals surface area contributed by atoms with E-state index in [1.54, 1.807) is 31.5 Å². The largest absolute Gasteiger partial charge is 0.493 e. The fraction of sp³-hybridized carbons (Fsp3) is 0.0714. The number of benzene rings is 1. The number of pyridine rings is 1. The van der Waals surface area contributed by atoms with Gasteiger partial charge in [-0.2, -0.15) is 0 Å². The summed E-state index contributed by atoms with van der Waals surface area (Å²) in [5.41, 5.74) is 1.76. The van der Waals surface area contributed by atoms with E-state index in [1.165, 1.54) is 6.07 Å². The Morgan fingerprint density at radius 3 is 2.78 bits per heavy atom. The standard InChI is InChI=1S/C14H11FN2O/c1-18-13-7-4-8-17-9-12(16-14(13)17)10-5-2-3-6-11(10)15/h2-9H,1H3. The van der Waals surface area contributed by atoms with Crippen molar-refractivity contribution in [2.45, 2.75) is 0 Å². The van der Waals surface area contributed by atoms with Crippen LogP contribution in [0.4, 0.5) is 4.39 Å². The highest BCUT2D eigenvalue weighted by Gasteiger charge is 2.10. The Bertz CT molecular complexity index is 706. The Morgan fingerprint density at radius 2 is 2.00 bits per heavy atom. The first-order valence-corrected chi connectivity index (χ1v) is 5.56. The minimum absolute atomic E-state index is 0.278. The zero-order valence-corrected chi connectivity index (χ0v) is 9.80. The second kappa shape index (κ2) is 4.14. The number of hydrogen-bond acceptors (Lipinski definition) is 2. The van der Waals surface area contributed by atoms with Gasteiger partial charge >= 0.3 is 0 Å². The van der Waals surface area contributed by atoms with Gasteiger partial charge in [0, 0.05) is 18.0 Å². The summed E-state index contributed by atoms with van der Waals surface area (Å²) in [6.07, 6.45) is 3.64. The topological polar surface area (TPSA) is 26.5 Å². The summed E-state index contributed by atoms with van der Waals surface area (Å²) in [5, 5.41) is 0. The van der Waals surface area contributed by atoms with Gasteiger partial charge in [0.2, 0.25) is 0 Å². The first-order valence-electron chi connectivity index (χ1n) is 5.56. The van der Waals surface area contributed by atoms with Crippen molar-refractivity contribution in [3.05, 3.63) is 54.6 Å². The molecule has 0 spiro atoms. The lowest BCUT2D eigenvalue weighted by atomic mass is 10.1. The summed E-state index contributed by atoms with van der Waals surface area (Å²) in [4.78, 5) is 4.41. The SMILES string of the molecule is COc1cccn2cc(-c3ccccc3F)nc12. The molecule has 18 heavy (non-hydrogen) atoms. The van der Waals surface area contributed by atoms with E-state index >= 15 is 0 Å². The predicted octanol–water partition coefficient (Wildman–Crippen LogP) is 3.15. The summed E-state index contributed by atoms with van der Waals surface area (Å²) in [5.74, 6) is 0.389. The van der Waals surface area contributed by atoms with Crippen LogP contribution in [-0.2, 0) is 0 Å². The van der Waals surface area contributed by atoms with Gasteiger partial charge in [-0.1, -0.05) is 12.1 Å². The van der Waals surface area contributed by atoms with Gasteiger partial charge in [-0.3, -0.25) is 0 Å². The number of rotatable bonds is 2. The Labute approximate surface area is 103 Å². The number of aromatic nitrogens is 2. The van der Waals surface area contributed by atoms with Gasteiger partial charge in [0.15, 0.2) is 11.4 Å². The van der Waals surface area contributed by atoms with E-state index in [2.05, 4.69) is 4.98 Å². The van der Waals surface area contributed by atoms with Gasteiger partial charge in [0.25, 0.3) is 0 Å². The van der Waals surface area contributed by atoms with E-state index in [1.807, 2.05) is 22.7 Å². The molecule has 0 bridgehead atoms. The minimum Gasteiger partial charge on any atom is -0.493 e. The third kappa shape index (κ3) is 1.62. The van der Waals surface area contributed by atoms with Crippen LogP contribution in [0.5, 0.6) is 5.75 Å². The van der Waals surface area contributed by atoms with Crippen molar-refractivity contribution in [1.29, 1.82) is 0 Å². The summed E-state index contributed by atoms with van der Waals surface area (Å²) < 4.78 is 20.8. The van der Waals surface area contributed by atoms with Crippen molar-refractivity contribution >= 4 is 5.65 Å². The molecule has 3 rings (SSSR count). The van der Waals surface area contributed by atoms with E-state index in [9.17, 15) is 4.39 Å². The van der Waals surface area contributed by atoms with Crippen molar-refractivity contribution < 1.29 is 9.13 Å². The maximum atomic E-state index is 13.7. The number of methoxy groups -OCH3 is 1. The molecule has 0 radical (unpaired) electrons. The lowest BCUT2D eigenvalue weighted by Gasteiger charge is -1.99. The lowest BCUT2D eigenvalue weighted by molar-refractivity contribution is 0.417. The molecule has 0 unspecified atom stereocenters. The quantitative estimate of drug-likeness (QED) is 0.690. The molecule has 0 aliphatic heterocycles. The first kappa shape index (κ1) is 10.8. The Morgan fingerprint density at radius 1 is 1.17 bits per heavy atom. The normalized spacial score (nSPS) is 10.8. The van der Waals surface area contributed by atoms with Crippen LogP contribution in [0.2, 0.25) is 0 Å². The van der Waals surface area contributed by atoms with Crippen molar-refractivity contribution in [2.24, 2.45) is 0 Å². The molecule has 0 saturated heterocycles. The predicted molar refractivity (Wildman–Crippen MR) is 67.1 cm³/mol. The van der Waals surface area contributed by atoms with Gasteiger partial charge in [0.05, 0.1) is 12.8 Å². The van der Waals surface area contributed by atoms with E-state index in [4.69, 9.17) is 4.74 Å². The monoisotopic (exact) mass is 242 g/mol. The number of nitrogens with zero attached hydrogens (tertiary/aromatic N) is 2. The molecule has 2 heterocycles. The number of fused-ring (bicyclic) bond motifs is 1. The third-order valence-corrected chi connectivity index (χ3v) is 2.82. The van der Waals surface area contributed by atoms with Gasteiger partial charge < -0.3 is 9.14 Å². The van der Waals surface area contributed by atoms with Gasteiger partial charge in [0.1, 0.15) is 5.82 Å². The van der Waals surface area contributed by atoms with Crippen LogP contribution in [0.3, 0.4) is 0 Å². The van der Waals surface area contributed by atoms with Crippen LogP contribution in [0.25, 0.3) is 16.9 Å². The Balaban J connectivity index is 2.23. The van der Waals surface area contributed by atoms with Crippen molar-refractivity contribution in [3.63, 3.8) is 0 Å². The molecule has 4 heteroatoms. The summed E-state index contributed by atoms with van der Waals surface area (Å²) in [7, 11) is 1.59. The summed E-state index contributed by atoms with van der Waals surface area (Å²) >= 11 is 0. The highest BCUT2D eigenvalue weighted by atomic mass is 19.1. The molecule has 0 aliphatic rings. The molecular formula is C14H11FN2O. The van der Waals surface area contributed by atoms with Crippen molar-refractivity contribution in [2.75, 3.05) is 7.11 Å².